The van der Waals surface area contributed by atoms with Gasteiger partial charge in [0.1, 0.15) is 5.75 Å². The van der Waals surface area contributed by atoms with Crippen molar-refractivity contribution in [3.05, 3.63) is 59.8 Å². The zero-order valence-electron chi connectivity index (χ0n) is 14.0. The quantitative estimate of drug-likeness (QED) is 0.462. The van der Waals surface area contributed by atoms with E-state index < -0.39 is 0 Å². The van der Waals surface area contributed by atoms with Crippen LogP contribution in [0.5, 0.6) is 5.75 Å². The molecule has 0 unspecified atom stereocenters. The van der Waals surface area contributed by atoms with Crippen molar-refractivity contribution in [3.8, 4) is 17.0 Å². The van der Waals surface area contributed by atoms with Crippen molar-refractivity contribution >= 4 is 21.8 Å². The summed E-state index contributed by atoms with van der Waals surface area (Å²) in [7, 11) is 0. The number of nitrogens with one attached hydrogen (secondary N) is 1. The van der Waals surface area contributed by atoms with Gasteiger partial charge >= 0.3 is 0 Å². The summed E-state index contributed by atoms with van der Waals surface area (Å²) in [4.78, 5) is 8.18. The molecule has 0 atom stereocenters. The second-order valence-electron chi connectivity index (χ2n) is 6.93. The third-order valence-corrected chi connectivity index (χ3v) is 5.41. The van der Waals surface area contributed by atoms with Gasteiger partial charge in [-0.15, -0.1) is 0 Å². The van der Waals surface area contributed by atoms with E-state index in [9.17, 15) is 5.11 Å². The number of hydrogen-bond acceptors (Lipinski definition) is 2. The van der Waals surface area contributed by atoms with Gasteiger partial charge in [-0.1, -0.05) is 6.42 Å². The first-order valence-electron chi connectivity index (χ1n) is 9.02. The fourth-order valence-corrected chi connectivity index (χ4v) is 4.23. The number of benzene rings is 2. The normalized spacial score (nSPS) is 14.6. The highest BCUT2D eigenvalue weighted by Crippen LogP contribution is 2.37. The van der Waals surface area contributed by atoms with Gasteiger partial charge in [0.15, 0.2) is 0 Å². The molecular formula is C22H20N2O. The van der Waals surface area contributed by atoms with E-state index in [1.54, 1.807) is 12.1 Å². The summed E-state index contributed by atoms with van der Waals surface area (Å²) in [6.07, 6.45) is 7.87. The van der Waals surface area contributed by atoms with Crippen molar-refractivity contribution in [2.24, 2.45) is 0 Å². The first-order valence-corrected chi connectivity index (χ1v) is 9.02. The summed E-state index contributed by atoms with van der Waals surface area (Å²) < 4.78 is 0. The Morgan fingerprint density at radius 1 is 0.840 bits per heavy atom. The van der Waals surface area contributed by atoms with E-state index in [-0.39, 0.29) is 0 Å². The molecule has 3 nitrogen and oxygen atoms in total. The molecule has 124 valence electrons. The number of fused-ring (bicyclic) bond motifs is 5. The van der Waals surface area contributed by atoms with Gasteiger partial charge in [-0.05, 0) is 84.8 Å². The summed E-state index contributed by atoms with van der Waals surface area (Å²) in [5.74, 6) is 0.306. The van der Waals surface area contributed by atoms with Crippen molar-refractivity contribution in [2.75, 3.05) is 0 Å². The summed E-state index contributed by atoms with van der Waals surface area (Å²) >= 11 is 0. The predicted octanol–water partition coefficient (Wildman–Crippen LogP) is 5.36. The van der Waals surface area contributed by atoms with Crippen LogP contribution in [0.3, 0.4) is 0 Å². The van der Waals surface area contributed by atoms with Crippen LogP contribution >= 0.6 is 0 Å². The van der Waals surface area contributed by atoms with E-state index in [1.165, 1.54) is 52.4 Å². The van der Waals surface area contributed by atoms with Crippen molar-refractivity contribution in [1.82, 2.24) is 9.97 Å². The molecular weight excluding hydrogens is 308 g/mol. The number of aromatic amines is 1. The molecule has 2 heterocycles. The van der Waals surface area contributed by atoms with Crippen LogP contribution in [0.25, 0.3) is 33.1 Å². The Balaban J connectivity index is 1.88. The number of nitrogens with zero attached hydrogens (tertiary/aromatic N) is 1. The Kier molecular flexibility index (Phi) is 3.27. The van der Waals surface area contributed by atoms with Gasteiger partial charge in [-0.2, -0.15) is 0 Å². The third-order valence-electron chi connectivity index (χ3n) is 5.41. The minimum absolute atomic E-state index is 0.306. The number of phenolic OH excluding ortho intramolecular Hbond substituents is 1. The van der Waals surface area contributed by atoms with Gasteiger partial charge < -0.3 is 10.1 Å². The molecule has 2 aromatic carbocycles. The Labute approximate surface area is 146 Å². The molecule has 0 fully saturated rings. The van der Waals surface area contributed by atoms with E-state index in [1.807, 2.05) is 18.3 Å². The maximum Gasteiger partial charge on any atom is 0.115 e. The van der Waals surface area contributed by atoms with E-state index in [4.69, 9.17) is 0 Å². The maximum absolute atomic E-state index is 9.64. The van der Waals surface area contributed by atoms with Crippen molar-refractivity contribution < 1.29 is 5.11 Å². The lowest BCUT2D eigenvalue weighted by Gasteiger charge is -2.17. The number of aromatic nitrogens is 2. The Morgan fingerprint density at radius 3 is 2.48 bits per heavy atom. The average molecular weight is 328 g/mol. The van der Waals surface area contributed by atoms with Gasteiger partial charge in [0, 0.05) is 28.2 Å². The van der Waals surface area contributed by atoms with Crippen LogP contribution < -0.4 is 0 Å². The molecule has 0 aliphatic heterocycles. The second kappa shape index (κ2) is 5.62. The topological polar surface area (TPSA) is 48.9 Å². The summed E-state index contributed by atoms with van der Waals surface area (Å²) in [6, 6.07) is 13.9. The monoisotopic (exact) mass is 328 g/mol. The average Bonchev–Trinajstić information content (AvgIpc) is 2.98. The van der Waals surface area contributed by atoms with E-state index in [2.05, 4.69) is 28.2 Å². The van der Waals surface area contributed by atoms with Gasteiger partial charge in [-0.25, -0.2) is 0 Å². The number of rotatable bonds is 1. The van der Waals surface area contributed by atoms with Gasteiger partial charge in [0.2, 0.25) is 0 Å². The highest BCUT2D eigenvalue weighted by atomic mass is 16.3. The highest BCUT2D eigenvalue weighted by molar-refractivity contribution is 6.08. The largest absolute Gasteiger partial charge is 0.508 e. The number of H-pyrrole nitrogens is 1. The number of phenols is 1. The maximum atomic E-state index is 9.64. The minimum Gasteiger partial charge on any atom is -0.508 e. The van der Waals surface area contributed by atoms with Crippen LogP contribution in [0, 0.1) is 0 Å². The Hall–Kier alpha value is -2.81. The molecule has 1 aliphatic rings. The van der Waals surface area contributed by atoms with Crippen LogP contribution in [-0.4, -0.2) is 15.1 Å². The zero-order valence-corrected chi connectivity index (χ0v) is 14.0. The summed E-state index contributed by atoms with van der Waals surface area (Å²) in [5.41, 5.74) is 7.49. The molecule has 0 spiro atoms. The SMILES string of the molecule is Oc1ccc(-c2[nH]c3ccc4nccc4c3c3c2CCCCC3)cc1. The number of pyridine rings is 1. The number of aryl methyl sites for hydroxylation is 1. The molecule has 0 amide bonds. The van der Waals surface area contributed by atoms with Gasteiger partial charge in [0.05, 0.1) is 5.52 Å². The van der Waals surface area contributed by atoms with Gasteiger partial charge in [0.25, 0.3) is 0 Å². The van der Waals surface area contributed by atoms with Crippen LogP contribution in [0.4, 0.5) is 0 Å². The molecule has 4 aromatic rings. The molecule has 0 saturated carbocycles. The highest BCUT2D eigenvalue weighted by Gasteiger charge is 2.19. The van der Waals surface area contributed by atoms with E-state index >= 15 is 0 Å². The molecule has 2 aromatic heterocycles. The van der Waals surface area contributed by atoms with Crippen LogP contribution in [0.1, 0.15) is 30.4 Å². The smallest absolute Gasteiger partial charge is 0.115 e. The second-order valence-corrected chi connectivity index (χ2v) is 6.93. The minimum atomic E-state index is 0.306. The Bertz CT molecular complexity index is 1080. The van der Waals surface area contributed by atoms with Crippen molar-refractivity contribution in [1.29, 1.82) is 0 Å². The van der Waals surface area contributed by atoms with Crippen LogP contribution in [0.15, 0.2) is 48.7 Å². The summed E-state index contributed by atoms with van der Waals surface area (Å²) in [6.45, 7) is 0. The molecule has 0 bridgehead atoms. The van der Waals surface area contributed by atoms with Crippen molar-refractivity contribution in [3.63, 3.8) is 0 Å². The van der Waals surface area contributed by atoms with Crippen LogP contribution in [-0.2, 0) is 12.8 Å². The standard InChI is InChI=1S/C22H20N2O/c25-15-8-6-14(7-9-15)22-17-5-3-1-2-4-16(17)21-18-12-13-23-19(18)10-11-20(21)24-22/h6-13,24-25H,1-5H2. The third kappa shape index (κ3) is 2.30. The molecule has 3 heteroatoms. The summed E-state index contributed by atoms with van der Waals surface area (Å²) in [5, 5.41) is 12.2. The molecule has 25 heavy (non-hydrogen) atoms. The van der Waals surface area contributed by atoms with E-state index in [0.717, 1.165) is 23.9 Å². The number of hydrogen-bond donors (Lipinski definition) is 2. The predicted molar refractivity (Wildman–Crippen MR) is 102 cm³/mol. The molecule has 1 aliphatic carbocycles. The lowest BCUT2D eigenvalue weighted by Crippen LogP contribution is -2.01. The van der Waals surface area contributed by atoms with Crippen molar-refractivity contribution in [2.45, 2.75) is 32.1 Å². The molecule has 2 N–H and O–H groups in total. The number of aromatic hydroxyl groups is 1. The fourth-order valence-electron chi connectivity index (χ4n) is 4.23. The first kappa shape index (κ1) is 14.5. The molecule has 0 saturated heterocycles. The van der Waals surface area contributed by atoms with Gasteiger partial charge in [-0.3, -0.25) is 4.98 Å². The molecule has 5 rings (SSSR count). The van der Waals surface area contributed by atoms with Crippen LogP contribution in [0.2, 0.25) is 0 Å². The zero-order chi connectivity index (χ0) is 16.8. The molecule has 0 radical (unpaired) electrons. The fraction of sp³-hybridized carbons (Fsp3) is 0.227. The lowest BCUT2D eigenvalue weighted by molar-refractivity contribution is 0.475. The Morgan fingerprint density at radius 2 is 1.64 bits per heavy atom. The van der Waals surface area contributed by atoms with E-state index in [0.29, 0.717) is 5.75 Å². The lowest BCUT2D eigenvalue weighted by atomic mass is 9.92. The first-order chi connectivity index (χ1) is 12.3.